The number of anilines is 1. The quantitative estimate of drug-likeness (QED) is 0.848. The first-order valence-corrected chi connectivity index (χ1v) is 6.26. The highest BCUT2D eigenvalue weighted by Gasteiger charge is 2.33. The second kappa shape index (κ2) is 4.20. The Hall–Kier alpha value is -1.69. The highest BCUT2D eigenvalue weighted by atomic mass is 16.3. The summed E-state index contributed by atoms with van der Waals surface area (Å²) < 4.78 is 1.72. The predicted molar refractivity (Wildman–Crippen MR) is 68.2 cm³/mol. The maximum Gasteiger partial charge on any atom is 0.163 e. The SMILES string of the molecule is Cn1ncc2c(NC3(CO)CCCC3)ncnc21. The molecular formula is C12H17N5O. The van der Waals surface area contributed by atoms with E-state index in [2.05, 4.69) is 20.4 Å². The van der Waals surface area contributed by atoms with Gasteiger partial charge in [0, 0.05) is 7.05 Å². The number of nitrogens with one attached hydrogen (secondary N) is 1. The number of nitrogens with zero attached hydrogens (tertiary/aromatic N) is 4. The highest BCUT2D eigenvalue weighted by Crippen LogP contribution is 2.33. The van der Waals surface area contributed by atoms with Gasteiger partial charge in [0.25, 0.3) is 0 Å². The van der Waals surface area contributed by atoms with Gasteiger partial charge in [-0.15, -0.1) is 0 Å². The van der Waals surface area contributed by atoms with Crippen LogP contribution in [-0.4, -0.2) is 37.0 Å². The first-order valence-electron chi connectivity index (χ1n) is 6.26. The van der Waals surface area contributed by atoms with E-state index in [-0.39, 0.29) is 12.1 Å². The molecule has 0 bridgehead atoms. The van der Waals surface area contributed by atoms with E-state index in [0.717, 1.165) is 42.5 Å². The number of fused-ring (bicyclic) bond motifs is 1. The molecule has 18 heavy (non-hydrogen) atoms. The molecule has 0 radical (unpaired) electrons. The molecule has 2 N–H and O–H groups in total. The van der Waals surface area contributed by atoms with E-state index in [9.17, 15) is 5.11 Å². The molecular weight excluding hydrogens is 230 g/mol. The van der Waals surface area contributed by atoms with Crippen molar-refractivity contribution < 1.29 is 5.11 Å². The maximum absolute atomic E-state index is 9.63. The summed E-state index contributed by atoms with van der Waals surface area (Å²) in [6.45, 7) is 0.138. The van der Waals surface area contributed by atoms with E-state index < -0.39 is 0 Å². The molecule has 0 saturated heterocycles. The smallest absolute Gasteiger partial charge is 0.163 e. The Morgan fingerprint density at radius 1 is 1.39 bits per heavy atom. The minimum atomic E-state index is -0.225. The molecule has 0 amide bonds. The van der Waals surface area contributed by atoms with E-state index in [1.807, 2.05) is 7.05 Å². The van der Waals surface area contributed by atoms with Crippen molar-refractivity contribution in [3.8, 4) is 0 Å². The second-order valence-corrected chi connectivity index (χ2v) is 5.00. The number of hydrogen-bond donors (Lipinski definition) is 2. The molecule has 1 aliphatic rings. The molecule has 2 aromatic heterocycles. The van der Waals surface area contributed by atoms with Gasteiger partial charge >= 0.3 is 0 Å². The maximum atomic E-state index is 9.63. The van der Waals surface area contributed by atoms with E-state index in [1.165, 1.54) is 6.33 Å². The van der Waals surface area contributed by atoms with Crippen molar-refractivity contribution in [2.45, 2.75) is 31.2 Å². The second-order valence-electron chi connectivity index (χ2n) is 5.00. The van der Waals surface area contributed by atoms with Crippen molar-refractivity contribution in [3.05, 3.63) is 12.5 Å². The van der Waals surface area contributed by atoms with Crippen molar-refractivity contribution in [3.63, 3.8) is 0 Å². The van der Waals surface area contributed by atoms with Crippen LogP contribution >= 0.6 is 0 Å². The van der Waals surface area contributed by atoms with Gasteiger partial charge in [0.2, 0.25) is 0 Å². The molecule has 6 heteroatoms. The molecule has 0 aromatic carbocycles. The Labute approximate surface area is 105 Å². The number of aromatic nitrogens is 4. The third kappa shape index (κ3) is 1.73. The largest absolute Gasteiger partial charge is 0.394 e. The molecule has 1 saturated carbocycles. The van der Waals surface area contributed by atoms with E-state index in [4.69, 9.17) is 0 Å². The molecule has 0 aliphatic heterocycles. The summed E-state index contributed by atoms with van der Waals surface area (Å²) in [5.74, 6) is 0.768. The molecule has 3 rings (SSSR count). The first kappa shape index (κ1) is 11.4. The van der Waals surface area contributed by atoms with Crippen LogP contribution in [-0.2, 0) is 7.05 Å². The molecule has 0 atom stereocenters. The molecule has 1 aliphatic carbocycles. The van der Waals surface area contributed by atoms with Crippen molar-refractivity contribution >= 4 is 16.9 Å². The average molecular weight is 247 g/mol. The number of hydrogen-bond acceptors (Lipinski definition) is 5. The Bertz CT molecular complexity index is 559. The zero-order valence-corrected chi connectivity index (χ0v) is 10.4. The standard InChI is InChI=1S/C12H17N5O/c1-17-11-9(6-15-17)10(13-8-14-11)16-12(7-18)4-2-3-5-12/h6,8,18H,2-5,7H2,1H3,(H,13,14,16). The Morgan fingerprint density at radius 2 is 2.17 bits per heavy atom. The molecule has 0 unspecified atom stereocenters. The van der Waals surface area contributed by atoms with Crippen LogP contribution in [0, 0.1) is 0 Å². The fraction of sp³-hybridized carbons (Fsp3) is 0.583. The van der Waals surface area contributed by atoms with Gasteiger partial charge in [-0.1, -0.05) is 12.8 Å². The zero-order chi connectivity index (χ0) is 12.6. The topological polar surface area (TPSA) is 75.9 Å². The third-order valence-corrected chi connectivity index (χ3v) is 3.78. The molecule has 1 fully saturated rings. The van der Waals surface area contributed by atoms with Crippen molar-refractivity contribution in [1.82, 2.24) is 19.7 Å². The summed E-state index contributed by atoms with van der Waals surface area (Å²) in [6, 6.07) is 0. The lowest BCUT2D eigenvalue weighted by Crippen LogP contribution is -2.39. The van der Waals surface area contributed by atoms with Crippen molar-refractivity contribution in [2.24, 2.45) is 7.05 Å². The molecule has 6 nitrogen and oxygen atoms in total. The van der Waals surface area contributed by atoms with Gasteiger partial charge in [-0.3, -0.25) is 4.68 Å². The van der Waals surface area contributed by atoms with Crippen LogP contribution in [0.4, 0.5) is 5.82 Å². The minimum Gasteiger partial charge on any atom is -0.394 e. The van der Waals surface area contributed by atoms with Gasteiger partial charge < -0.3 is 10.4 Å². The van der Waals surface area contributed by atoms with Crippen LogP contribution in [0.15, 0.2) is 12.5 Å². The summed E-state index contributed by atoms with van der Waals surface area (Å²) in [5, 5.41) is 18.1. The highest BCUT2D eigenvalue weighted by molar-refractivity contribution is 5.86. The summed E-state index contributed by atoms with van der Waals surface area (Å²) in [5.41, 5.74) is 0.579. The van der Waals surface area contributed by atoms with E-state index in [0.29, 0.717) is 0 Å². The fourth-order valence-electron chi connectivity index (χ4n) is 2.69. The summed E-state index contributed by atoms with van der Waals surface area (Å²) >= 11 is 0. The Kier molecular flexibility index (Phi) is 2.66. The molecule has 2 heterocycles. The number of aryl methyl sites for hydroxylation is 1. The number of aliphatic hydroxyl groups excluding tert-OH is 1. The normalized spacial score (nSPS) is 18.3. The van der Waals surface area contributed by atoms with Crippen LogP contribution in [0.3, 0.4) is 0 Å². The lowest BCUT2D eigenvalue weighted by molar-refractivity contribution is 0.214. The Morgan fingerprint density at radius 3 is 2.89 bits per heavy atom. The van der Waals surface area contributed by atoms with Crippen molar-refractivity contribution in [2.75, 3.05) is 11.9 Å². The van der Waals surface area contributed by atoms with Gasteiger partial charge in [0.15, 0.2) is 5.65 Å². The molecule has 0 spiro atoms. The van der Waals surface area contributed by atoms with Gasteiger partial charge in [-0.25, -0.2) is 9.97 Å². The Balaban J connectivity index is 1.99. The van der Waals surface area contributed by atoms with Gasteiger partial charge in [0.1, 0.15) is 12.1 Å². The molecule has 2 aromatic rings. The number of aliphatic hydroxyl groups is 1. The van der Waals surface area contributed by atoms with Gasteiger partial charge in [-0.2, -0.15) is 5.10 Å². The van der Waals surface area contributed by atoms with Crippen LogP contribution < -0.4 is 5.32 Å². The van der Waals surface area contributed by atoms with Crippen LogP contribution in [0.25, 0.3) is 11.0 Å². The van der Waals surface area contributed by atoms with Crippen LogP contribution in [0.1, 0.15) is 25.7 Å². The van der Waals surface area contributed by atoms with Gasteiger partial charge in [0.05, 0.1) is 23.7 Å². The fourth-order valence-corrected chi connectivity index (χ4v) is 2.69. The summed E-state index contributed by atoms with van der Waals surface area (Å²) in [6.07, 6.45) is 7.55. The lowest BCUT2D eigenvalue weighted by atomic mass is 9.99. The van der Waals surface area contributed by atoms with E-state index in [1.54, 1.807) is 10.9 Å². The van der Waals surface area contributed by atoms with Crippen LogP contribution in [0.5, 0.6) is 0 Å². The summed E-state index contributed by atoms with van der Waals surface area (Å²) in [7, 11) is 1.86. The minimum absolute atomic E-state index is 0.138. The van der Waals surface area contributed by atoms with Crippen molar-refractivity contribution in [1.29, 1.82) is 0 Å². The predicted octanol–water partition coefficient (Wildman–Crippen LogP) is 1.08. The summed E-state index contributed by atoms with van der Waals surface area (Å²) in [4.78, 5) is 8.50. The average Bonchev–Trinajstić information content (AvgIpc) is 2.99. The number of rotatable bonds is 3. The first-order chi connectivity index (χ1) is 8.74. The lowest BCUT2D eigenvalue weighted by Gasteiger charge is -2.28. The monoisotopic (exact) mass is 247 g/mol. The van der Waals surface area contributed by atoms with Gasteiger partial charge in [-0.05, 0) is 12.8 Å². The molecule has 96 valence electrons. The van der Waals surface area contributed by atoms with Crippen LogP contribution in [0.2, 0.25) is 0 Å². The zero-order valence-electron chi connectivity index (χ0n) is 10.4. The van der Waals surface area contributed by atoms with E-state index >= 15 is 0 Å². The third-order valence-electron chi connectivity index (χ3n) is 3.78.